The molecule has 1 saturated heterocycles. The molecule has 2 aromatic rings. The zero-order valence-electron chi connectivity index (χ0n) is 15.6. The molecule has 2 aliphatic heterocycles. The SMILES string of the molecule is CN1CC=c2c([nH]c3ccccc23)=C1CC1(C)CCC(C(C)(C)O)O1. The summed E-state index contributed by atoms with van der Waals surface area (Å²) in [6, 6.07) is 8.49. The molecule has 2 unspecified atom stereocenters. The van der Waals surface area contributed by atoms with E-state index in [1.54, 1.807) is 0 Å². The summed E-state index contributed by atoms with van der Waals surface area (Å²) in [5.41, 5.74) is 1.46. The Balaban J connectivity index is 1.76. The Kier molecular flexibility index (Phi) is 3.74. The molecule has 1 aromatic carbocycles. The molecule has 4 heteroatoms. The maximum atomic E-state index is 10.3. The number of aromatic amines is 1. The lowest BCUT2D eigenvalue weighted by atomic mass is 9.93. The molecule has 0 spiro atoms. The van der Waals surface area contributed by atoms with E-state index in [2.05, 4.69) is 54.2 Å². The summed E-state index contributed by atoms with van der Waals surface area (Å²) in [4.78, 5) is 5.92. The van der Waals surface area contributed by atoms with Gasteiger partial charge in [-0.2, -0.15) is 0 Å². The Morgan fingerprint density at radius 2 is 2.12 bits per heavy atom. The molecule has 0 bridgehead atoms. The van der Waals surface area contributed by atoms with Crippen LogP contribution in [-0.4, -0.2) is 45.9 Å². The standard InChI is InChI=1S/C21H28N2O2/c1-20(2,24)18-9-11-21(3,25-18)13-17-19-15(10-12-23(17)4)14-7-5-6-8-16(14)22-19/h5-8,10,18,22,24H,9,11-13H2,1-4H3. The fourth-order valence-electron chi connectivity index (χ4n) is 4.24. The van der Waals surface area contributed by atoms with E-state index >= 15 is 0 Å². The highest BCUT2D eigenvalue weighted by atomic mass is 16.5. The van der Waals surface area contributed by atoms with Crippen LogP contribution in [0.2, 0.25) is 0 Å². The van der Waals surface area contributed by atoms with E-state index in [1.807, 2.05) is 13.8 Å². The molecule has 1 aromatic heterocycles. The molecule has 1 fully saturated rings. The maximum Gasteiger partial charge on any atom is 0.0865 e. The fourth-order valence-corrected chi connectivity index (χ4v) is 4.24. The van der Waals surface area contributed by atoms with Gasteiger partial charge < -0.3 is 19.7 Å². The Morgan fingerprint density at radius 3 is 2.84 bits per heavy atom. The number of aliphatic hydroxyl groups is 1. The third-order valence-electron chi connectivity index (χ3n) is 5.76. The molecule has 4 nitrogen and oxygen atoms in total. The van der Waals surface area contributed by atoms with Gasteiger partial charge in [0, 0.05) is 41.8 Å². The summed E-state index contributed by atoms with van der Waals surface area (Å²) in [5, 5.41) is 14.1. The average molecular weight is 340 g/mol. The number of nitrogens with one attached hydrogen (secondary N) is 1. The zero-order chi connectivity index (χ0) is 17.8. The molecule has 0 saturated carbocycles. The van der Waals surface area contributed by atoms with Crippen LogP contribution in [0.1, 0.15) is 40.0 Å². The molecule has 0 aliphatic carbocycles. The smallest absolute Gasteiger partial charge is 0.0865 e. The summed E-state index contributed by atoms with van der Waals surface area (Å²) >= 11 is 0. The van der Waals surface area contributed by atoms with E-state index in [0.29, 0.717) is 0 Å². The molecular weight excluding hydrogens is 312 g/mol. The topological polar surface area (TPSA) is 48.5 Å². The van der Waals surface area contributed by atoms with E-state index in [1.165, 1.54) is 27.2 Å². The number of benzene rings is 1. The Bertz CT molecular complexity index is 921. The van der Waals surface area contributed by atoms with E-state index in [0.717, 1.165) is 25.8 Å². The van der Waals surface area contributed by atoms with Gasteiger partial charge in [0.15, 0.2) is 0 Å². The molecule has 2 N–H and O–H groups in total. The number of rotatable bonds is 3. The monoisotopic (exact) mass is 340 g/mol. The number of ether oxygens (including phenoxy) is 1. The minimum absolute atomic E-state index is 0.0965. The van der Waals surface area contributed by atoms with Gasteiger partial charge in [0.2, 0.25) is 0 Å². The van der Waals surface area contributed by atoms with Gasteiger partial charge in [-0.3, -0.25) is 0 Å². The van der Waals surface area contributed by atoms with Gasteiger partial charge in [0.05, 0.1) is 22.7 Å². The second kappa shape index (κ2) is 5.61. The molecular formula is C21H28N2O2. The number of H-pyrrole nitrogens is 1. The van der Waals surface area contributed by atoms with Crippen LogP contribution in [0.3, 0.4) is 0 Å². The number of nitrogens with zero attached hydrogens (tertiary/aromatic N) is 1. The predicted molar refractivity (Wildman–Crippen MR) is 101 cm³/mol. The van der Waals surface area contributed by atoms with Crippen LogP contribution in [0, 0.1) is 0 Å². The molecule has 4 rings (SSSR count). The highest BCUT2D eigenvalue weighted by Gasteiger charge is 2.43. The quantitative estimate of drug-likeness (QED) is 0.900. The summed E-state index contributed by atoms with van der Waals surface area (Å²) < 4.78 is 6.33. The molecule has 134 valence electrons. The average Bonchev–Trinajstić information content (AvgIpc) is 3.11. The van der Waals surface area contributed by atoms with Crippen molar-refractivity contribution in [2.75, 3.05) is 13.6 Å². The number of aromatic nitrogens is 1. The zero-order valence-corrected chi connectivity index (χ0v) is 15.6. The van der Waals surface area contributed by atoms with Gasteiger partial charge in [-0.25, -0.2) is 0 Å². The highest BCUT2D eigenvalue weighted by molar-refractivity contribution is 5.82. The first-order chi connectivity index (χ1) is 11.8. The molecule has 0 radical (unpaired) electrons. The lowest BCUT2D eigenvalue weighted by Crippen LogP contribution is -2.42. The van der Waals surface area contributed by atoms with E-state index in [4.69, 9.17) is 4.74 Å². The van der Waals surface area contributed by atoms with E-state index in [9.17, 15) is 5.11 Å². The van der Waals surface area contributed by atoms with Gasteiger partial charge in [0.1, 0.15) is 0 Å². The van der Waals surface area contributed by atoms with Crippen LogP contribution in [0.5, 0.6) is 0 Å². The van der Waals surface area contributed by atoms with Gasteiger partial charge in [-0.15, -0.1) is 0 Å². The van der Waals surface area contributed by atoms with Gasteiger partial charge >= 0.3 is 0 Å². The second-order valence-corrected chi connectivity index (χ2v) is 8.42. The summed E-state index contributed by atoms with van der Waals surface area (Å²) in [5.74, 6) is 0. The highest BCUT2D eigenvalue weighted by Crippen LogP contribution is 2.39. The third-order valence-corrected chi connectivity index (χ3v) is 5.76. The van der Waals surface area contributed by atoms with Gasteiger partial charge in [-0.1, -0.05) is 24.3 Å². The Labute approximate surface area is 148 Å². The van der Waals surface area contributed by atoms with Crippen molar-refractivity contribution < 1.29 is 9.84 Å². The van der Waals surface area contributed by atoms with Crippen LogP contribution >= 0.6 is 0 Å². The molecule has 2 aliphatic rings. The summed E-state index contributed by atoms with van der Waals surface area (Å²) in [6.45, 7) is 6.78. The number of fused-ring (bicyclic) bond motifs is 3. The van der Waals surface area contributed by atoms with Crippen molar-refractivity contribution in [2.24, 2.45) is 0 Å². The number of para-hydroxylation sites is 1. The minimum Gasteiger partial charge on any atom is -0.388 e. The van der Waals surface area contributed by atoms with Crippen molar-refractivity contribution in [3.8, 4) is 0 Å². The van der Waals surface area contributed by atoms with Gasteiger partial charge in [-0.05, 0) is 39.7 Å². The van der Waals surface area contributed by atoms with Crippen LogP contribution < -0.4 is 10.6 Å². The van der Waals surface area contributed by atoms with Crippen LogP contribution in [0.25, 0.3) is 22.7 Å². The first-order valence-electron chi connectivity index (χ1n) is 9.18. The molecule has 0 amide bonds. The van der Waals surface area contributed by atoms with E-state index < -0.39 is 5.60 Å². The summed E-state index contributed by atoms with van der Waals surface area (Å²) in [7, 11) is 2.14. The third kappa shape index (κ3) is 2.87. The van der Waals surface area contributed by atoms with Crippen molar-refractivity contribution in [2.45, 2.75) is 57.3 Å². The summed E-state index contributed by atoms with van der Waals surface area (Å²) in [6.07, 6.45) is 4.93. The Morgan fingerprint density at radius 1 is 1.36 bits per heavy atom. The van der Waals surface area contributed by atoms with Crippen molar-refractivity contribution in [3.05, 3.63) is 34.8 Å². The maximum absolute atomic E-state index is 10.3. The van der Waals surface area contributed by atoms with Gasteiger partial charge in [0.25, 0.3) is 0 Å². The van der Waals surface area contributed by atoms with Crippen molar-refractivity contribution >= 4 is 22.7 Å². The number of hydrogen-bond donors (Lipinski definition) is 2. The minimum atomic E-state index is -0.791. The van der Waals surface area contributed by atoms with Crippen molar-refractivity contribution in [3.63, 3.8) is 0 Å². The van der Waals surface area contributed by atoms with Crippen LogP contribution in [-0.2, 0) is 4.74 Å². The first-order valence-corrected chi connectivity index (χ1v) is 9.18. The van der Waals surface area contributed by atoms with Crippen LogP contribution in [0.15, 0.2) is 24.3 Å². The first kappa shape index (κ1) is 16.7. The lowest BCUT2D eigenvalue weighted by molar-refractivity contribution is -0.114. The largest absolute Gasteiger partial charge is 0.388 e. The molecule has 3 heterocycles. The van der Waals surface area contributed by atoms with E-state index in [-0.39, 0.29) is 11.7 Å². The lowest BCUT2D eigenvalue weighted by Gasteiger charge is -2.33. The normalized spacial score (nSPS) is 26.8. The van der Waals surface area contributed by atoms with Crippen molar-refractivity contribution in [1.82, 2.24) is 9.88 Å². The fraction of sp³-hybridized carbons (Fsp3) is 0.524. The van der Waals surface area contributed by atoms with Crippen molar-refractivity contribution in [1.29, 1.82) is 0 Å². The number of hydrogen-bond acceptors (Lipinski definition) is 3. The molecule has 2 atom stereocenters. The Hall–Kier alpha value is -1.78. The second-order valence-electron chi connectivity index (χ2n) is 8.42. The molecule has 25 heavy (non-hydrogen) atoms. The predicted octanol–water partition coefficient (Wildman–Crippen LogP) is 2.10. The van der Waals surface area contributed by atoms with Crippen LogP contribution in [0.4, 0.5) is 0 Å².